The van der Waals surface area contributed by atoms with Crippen molar-refractivity contribution >= 4 is 28.9 Å². The first kappa shape index (κ1) is 23.7. The van der Waals surface area contributed by atoms with Crippen molar-refractivity contribution in [3.63, 3.8) is 0 Å². The molecule has 1 amide bonds. The lowest BCUT2D eigenvalue weighted by molar-refractivity contribution is -0.139. The number of likely N-dealkylation sites (tertiary alicyclic amines) is 1. The summed E-state index contributed by atoms with van der Waals surface area (Å²) in [6.07, 6.45) is 2.26. The second-order valence-electron chi connectivity index (χ2n) is 9.10. The second kappa shape index (κ2) is 11.1. The molecule has 2 atom stereocenters. The van der Waals surface area contributed by atoms with Gasteiger partial charge < -0.3 is 14.9 Å². The van der Waals surface area contributed by atoms with Crippen molar-refractivity contribution in [2.24, 2.45) is 11.8 Å². The molecule has 6 nitrogen and oxygen atoms in total. The molecule has 1 aromatic carbocycles. The molecule has 2 aliphatic heterocycles. The number of carboxylic acid groups (broad SMARTS) is 1. The van der Waals surface area contributed by atoms with Crippen molar-refractivity contribution in [1.29, 1.82) is 0 Å². The largest absolute Gasteiger partial charge is 0.481 e. The van der Waals surface area contributed by atoms with Crippen molar-refractivity contribution in [2.75, 3.05) is 50.7 Å². The van der Waals surface area contributed by atoms with Gasteiger partial charge in [0, 0.05) is 56.3 Å². The van der Waals surface area contributed by atoms with Crippen molar-refractivity contribution < 1.29 is 19.1 Å². The third-order valence-corrected chi connectivity index (χ3v) is 7.84. The molecule has 2 unspecified atom stereocenters. The second-order valence-corrected chi connectivity index (χ2v) is 10.1. The van der Waals surface area contributed by atoms with Crippen LogP contribution in [0.4, 0.5) is 10.1 Å². The fraction of sp³-hybridized carbons (Fsp3) is 0.520. The van der Waals surface area contributed by atoms with Crippen LogP contribution in [0.1, 0.15) is 24.1 Å². The molecule has 0 saturated carbocycles. The summed E-state index contributed by atoms with van der Waals surface area (Å²) in [5, 5.41) is 11.4. The summed E-state index contributed by atoms with van der Waals surface area (Å²) in [5.41, 5.74) is 1.05. The summed E-state index contributed by atoms with van der Waals surface area (Å²) in [6.45, 7) is 5.84. The summed E-state index contributed by atoms with van der Waals surface area (Å²) < 4.78 is 13.2. The van der Waals surface area contributed by atoms with E-state index in [2.05, 4.69) is 9.80 Å². The van der Waals surface area contributed by atoms with Gasteiger partial charge in [-0.1, -0.05) is 6.07 Å². The van der Waals surface area contributed by atoms with Gasteiger partial charge in [0.15, 0.2) is 0 Å². The van der Waals surface area contributed by atoms with Crippen LogP contribution >= 0.6 is 11.3 Å². The average Bonchev–Trinajstić information content (AvgIpc) is 3.32. The maximum absolute atomic E-state index is 13.2. The predicted octanol–water partition coefficient (Wildman–Crippen LogP) is 3.58. The van der Waals surface area contributed by atoms with E-state index in [0.717, 1.165) is 56.1 Å². The van der Waals surface area contributed by atoms with Gasteiger partial charge in [0.2, 0.25) is 5.91 Å². The minimum atomic E-state index is -0.753. The number of carboxylic acids is 1. The Morgan fingerprint density at radius 1 is 1.03 bits per heavy atom. The van der Waals surface area contributed by atoms with E-state index in [1.807, 2.05) is 34.5 Å². The number of carbonyl (C=O) groups is 2. The van der Waals surface area contributed by atoms with Crippen molar-refractivity contribution in [2.45, 2.75) is 25.7 Å². The molecule has 2 aromatic rings. The van der Waals surface area contributed by atoms with Gasteiger partial charge in [-0.05, 0) is 66.9 Å². The fourth-order valence-electron chi connectivity index (χ4n) is 5.03. The maximum atomic E-state index is 13.2. The number of benzene rings is 1. The highest BCUT2D eigenvalue weighted by Gasteiger charge is 2.33. The zero-order chi connectivity index (χ0) is 23.2. The number of amides is 1. The zero-order valence-corrected chi connectivity index (χ0v) is 19.7. The topological polar surface area (TPSA) is 64.1 Å². The fourth-order valence-corrected chi connectivity index (χ4v) is 5.73. The van der Waals surface area contributed by atoms with E-state index < -0.39 is 5.97 Å². The Labute approximate surface area is 198 Å². The number of hydrogen-bond acceptors (Lipinski definition) is 5. The minimum Gasteiger partial charge on any atom is -0.481 e. The summed E-state index contributed by atoms with van der Waals surface area (Å²) >= 11 is 1.60. The highest BCUT2D eigenvalue weighted by atomic mass is 32.1. The standard InChI is InChI=1S/C25H32FN3O3S/c26-21-3-5-22(6-4-21)28-13-11-27(12-14-28)9-7-20-18-29(10-8-19(20)16-25(31)32)24(30)17-23-2-1-15-33-23/h1-6,15,19-20H,7-14,16-18H2,(H,31,32). The van der Waals surface area contributed by atoms with E-state index >= 15 is 0 Å². The molecule has 0 radical (unpaired) electrons. The number of rotatable bonds is 8. The molecule has 2 aliphatic rings. The zero-order valence-electron chi connectivity index (χ0n) is 18.9. The van der Waals surface area contributed by atoms with E-state index in [0.29, 0.717) is 19.5 Å². The van der Waals surface area contributed by atoms with E-state index in [-0.39, 0.29) is 30.0 Å². The van der Waals surface area contributed by atoms with Crippen LogP contribution in [0.15, 0.2) is 41.8 Å². The number of piperazine rings is 1. The smallest absolute Gasteiger partial charge is 0.303 e. The van der Waals surface area contributed by atoms with Crippen molar-refractivity contribution in [1.82, 2.24) is 9.80 Å². The van der Waals surface area contributed by atoms with Gasteiger partial charge in [-0.3, -0.25) is 14.5 Å². The molecule has 0 bridgehead atoms. The number of thiophene rings is 1. The quantitative estimate of drug-likeness (QED) is 0.635. The molecule has 178 valence electrons. The number of anilines is 1. The molecule has 1 aromatic heterocycles. The Morgan fingerprint density at radius 2 is 1.79 bits per heavy atom. The van der Waals surface area contributed by atoms with Crippen LogP contribution in [0.5, 0.6) is 0 Å². The third-order valence-electron chi connectivity index (χ3n) is 6.97. The molecular formula is C25H32FN3O3S. The van der Waals surface area contributed by atoms with E-state index in [4.69, 9.17) is 0 Å². The Hall–Kier alpha value is -2.45. The molecule has 0 aliphatic carbocycles. The normalized spacial score (nSPS) is 21.8. The molecule has 2 saturated heterocycles. The average molecular weight is 474 g/mol. The van der Waals surface area contributed by atoms with Gasteiger partial charge in [-0.2, -0.15) is 0 Å². The van der Waals surface area contributed by atoms with Gasteiger partial charge in [-0.25, -0.2) is 4.39 Å². The molecular weight excluding hydrogens is 441 g/mol. The van der Waals surface area contributed by atoms with Gasteiger partial charge in [0.05, 0.1) is 6.42 Å². The SMILES string of the molecule is O=C(O)CC1CCN(C(=O)Cc2cccs2)CC1CCN1CCN(c2ccc(F)cc2)CC1. The van der Waals surface area contributed by atoms with E-state index in [1.54, 1.807) is 11.3 Å². The van der Waals surface area contributed by atoms with Crippen LogP contribution in [0.3, 0.4) is 0 Å². The number of halogens is 1. The molecule has 33 heavy (non-hydrogen) atoms. The minimum absolute atomic E-state index is 0.119. The summed E-state index contributed by atoms with van der Waals surface area (Å²) in [6, 6.07) is 10.6. The number of nitrogens with zero attached hydrogens (tertiary/aromatic N) is 3. The molecule has 1 N–H and O–H groups in total. The Kier molecular flexibility index (Phi) is 7.98. The van der Waals surface area contributed by atoms with Crippen LogP contribution in [0.2, 0.25) is 0 Å². The van der Waals surface area contributed by atoms with Crippen LogP contribution in [-0.2, 0) is 16.0 Å². The van der Waals surface area contributed by atoms with Crippen LogP contribution in [-0.4, -0.2) is 72.6 Å². The van der Waals surface area contributed by atoms with Crippen molar-refractivity contribution in [3.05, 3.63) is 52.5 Å². The third kappa shape index (κ3) is 6.54. The summed E-state index contributed by atoms with van der Waals surface area (Å²) in [5.74, 6) is -0.504. The maximum Gasteiger partial charge on any atom is 0.303 e. The van der Waals surface area contributed by atoms with Gasteiger partial charge >= 0.3 is 5.97 Å². The van der Waals surface area contributed by atoms with Crippen molar-refractivity contribution in [3.8, 4) is 0 Å². The number of hydrogen-bond donors (Lipinski definition) is 1. The first-order valence-corrected chi connectivity index (χ1v) is 12.6. The van der Waals surface area contributed by atoms with Crippen LogP contribution in [0.25, 0.3) is 0 Å². The van der Waals surface area contributed by atoms with Crippen LogP contribution in [0, 0.1) is 17.7 Å². The molecule has 8 heteroatoms. The highest BCUT2D eigenvalue weighted by molar-refractivity contribution is 7.10. The molecule has 3 heterocycles. The number of carbonyl (C=O) groups excluding carboxylic acids is 1. The molecule has 4 rings (SSSR count). The van der Waals surface area contributed by atoms with Gasteiger partial charge in [-0.15, -0.1) is 11.3 Å². The monoisotopic (exact) mass is 473 g/mol. The summed E-state index contributed by atoms with van der Waals surface area (Å²) in [7, 11) is 0. The molecule has 2 fully saturated rings. The summed E-state index contributed by atoms with van der Waals surface area (Å²) in [4.78, 5) is 31.9. The van der Waals surface area contributed by atoms with Gasteiger partial charge in [0.1, 0.15) is 5.82 Å². The number of piperidine rings is 1. The van der Waals surface area contributed by atoms with Gasteiger partial charge in [0.25, 0.3) is 0 Å². The van der Waals surface area contributed by atoms with E-state index in [1.165, 1.54) is 12.1 Å². The number of aliphatic carboxylic acids is 1. The van der Waals surface area contributed by atoms with Crippen LogP contribution < -0.4 is 4.90 Å². The lowest BCUT2D eigenvalue weighted by atomic mass is 9.81. The Bertz CT molecular complexity index is 913. The Morgan fingerprint density at radius 3 is 2.45 bits per heavy atom. The Balaban J connectivity index is 1.29. The first-order valence-electron chi connectivity index (χ1n) is 11.7. The highest BCUT2D eigenvalue weighted by Crippen LogP contribution is 2.30. The lowest BCUT2D eigenvalue weighted by Gasteiger charge is -2.40. The molecule has 0 spiro atoms. The first-order chi connectivity index (χ1) is 16.0. The predicted molar refractivity (Wildman–Crippen MR) is 128 cm³/mol. The lowest BCUT2D eigenvalue weighted by Crippen LogP contribution is -2.48. The van der Waals surface area contributed by atoms with E-state index in [9.17, 15) is 19.1 Å².